The molecule has 6 heteroatoms. The Morgan fingerprint density at radius 3 is 2.85 bits per heavy atom. The number of pyridine rings is 1. The Kier molecular flexibility index (Phi) is 4.68. The van der Waals surface area contributed by atoms with Crippen molar-refractivity contribution in [1.82, 2.24) is 19.9 Å². The second-order valence-corrected chi connectivity index (χ2v) is 8.67. The first kappa shape index (κ1) is 18.0. The van der Waals surface area contributed by atoms with Crippen LogP contribution in [0.4, 0.5) is 5.69 Å². The fourth-order valence-corrected chi connectivity index (χ4v) is 3.29. The number of nitrogens with one attached hydrogen (secondary N) is 1. The quantitative estimate of drug-likeness (QED) is 0.900. The van der Waals surface area contributed by atoms with Gasteiger partial charge in [-0.3, -0.25) is 14.7 Å². The van der Waals surface area contributed by atoms with E-state index in [9.17, 15) is 4.79 Å². The molecule has 27 heavy (non-hydrogen) atoms. The van der Waals surface area contributed by atoms with E-state index in [-0.39, 0.29) is 5.91 Å². The third kappa shape index (κ3) is 4.16. The van der Waals surface area contributed by atoms with E-state index in [0.717, 1.165) is 43.1 Å². The van der Waals surface area contributed by atoms with Gasteiger partial charge in [0.2, 0.25) is 5.91 Å². The average Bonchev–Trinajstić information content (AvgIpc) is 3.47. The Bertz CT molecular complexity index is 854. The zero-order chi connectivity index (χ0) is 19.0. The first-order valence-electron chi connectivity index (χ1n) is 9.71. The van der Waals surface area contributed by atoms with Gasteiger partial charge in [0.1, 0.15) is 5.82 Å². The van der Waals surface area contributed by atoms with Gasteiger partial charge in [0.05, 0.1) is 0 Å². The third-order valence-electron chi connectivity index (χ3n) is 5.20. The lowest BCUT2D eigenvalue weighted by Crippen LogP contribution is -2.32. The van der Waals surface area contributed by atoms with Gasteiger partial charge in [0.25, 0.3) is 0 Å². The van der Waals surface area contributed by atoms with E-state index in [2.05, 4.69) is 20.2 Å². The molecular weight excluding hydrogens is 338 g/mol. The molecule has 142 valence electrons. The largest absolute Gasteiger partial charge is 0.325 e. The summed E-state index contributed by atoms with van der Waals surface area (Å²) in [5, 5.41) is 3.06. The van der Waals surface area contributed by atoms with Crippen molar-refractivity contribution in [1.29, 1.82) is 0 Å². The van der Waals surface area contributed by atoms with Gasteiger partial charge in [0.15, 0.2) is 0 Å². The van der Waals surface area contributed by atoms with Crippen LogP contribution in [0.5, 0.6) is 0 Å². The number of hydrogen-bond acceptors (Lipinski definition) is 5. The number of carbonyl (C=O) groups excluding carboxylic acids is 1. The summed E-state index contributed by atoms with van der Waals surface area (Å²) in [7, 11) is 0. The van der Waals surface area contributed by atoms with Crippen LogP contribution in [0.3, 0.4) is 0 Å². The number of aromatic nitrogens is 3. The van der Waals surface area contributed by atoms with E-state index in [4.69, 9.17) is 4.98 Å². The van der Waals surface area contributed by atoms with Crippen LogP contribution in [0.25, 0.3) is 0 Å². The summed E-state index contributed by atoms with van der Waals surface area (Å²) in [4.78, 5) is 28.4. The van der Waals surface area contributed by atoms with Crippen LogP contribution in [0.2, 0.25) is 0 Å². The molecular formula is C21H27N5O. The summed E-state index contributed by atoms with van der Waals surface area (Å²) in [5.41, 5.74) is 3.87. The molecule has 3 heterocycles. The van der Waals surface area contributed by atoms with E-state index in [0.29, 0.717) is 5.92 Å². The van der Waals surface area contributed by atoms with E-state index >= 15 is 0 Å². The molecule has 1 saturated carbocycles. The molecule has 1 amide bonds. The number of carbonyl (C=O) groups is 1. The van der Waals surface area contributed by atoms with Gasteiger partial charge >= 0.3 is 0 Å². The second-order valence-electron chi connectivity index (χ2n) is 8.67. The monoisotopic (exact) mass is 365 g/mol. The Labute approximate surface area is 160 Å². The Balaban J connectivity index is 1.46. The van der Waals surface area contributed by atoms with Crippen LogP contribution in [0, 0.1) is 5.41 Å². The van der Waals surface area contributed by atoms with E-state index in [1.54, 1.807) is 6.20 Å². The molecule has 0 aromatic carbocycles. The van der Waals surface area contributed by atoms with Crippen LogP contribution in [0.1, 0.15) is 62.2 Å². The molecule has 0 spiro atoms. The standard InChI is InChI=1S/C21H27N5O/c1-21(2,3)20(27)25-17-6-8-22-10-15(17)12-26-9-7-18-16(13-26)11-23-19(24-18)14-4-5-14/h6,8,10-11,14H,4-5,7,9,12-13H2,1-3H3,(H,22,25,27). The predicted molar refractivity (Wildman–Crippen MR) is 104 cm³/mol. The zero-order valence-corrected chi connectivity index (χ0v) is 16.3. The van der Waals surface area contributed by atoms with Gasteiger partial charge in [-0.2, -0.15) is 0 Å². The number of hydrogen-bond donors (Lipinski definition) is 1. The molecule has 0 atom stereocenters. The molecule has 6 nitrogen and oxygen atoms in total. The fourth-order valence-electron chi connectivity index (χ4n) is 3.29. The molecule has 1 N–H and O–H groups in total. The normalized spacial score (nSPS) is 17.4. The number of rotatable bonds is 4. The third-order valence-corrected chi connectivity index (χ3v) is 5.20. The molecule has 2 aliphatic rings. The van der Waals surface area contributed by atoms with Crippen LogP contribution in [-0.4, -0.2) is 32.3 Å². The summed E-state index contributed by atoms with van der Waals surface area (Å²) in [5.74, 6) is 1.64. The van der Waals surface area contributed by atoms with Crippen molar-refractivity contribution in [3.8, 4) is 0 Å². The molecule has 1 fully saturated rings. The highest BCUT2D eigenvalue weighted by Gasteiger charge is 2.28. The Morgan fingerprint density at radius 2 is 2.11 bits per heavy atom. The van der Waals surface area contributed by atoms with Crippen LogP contribution in [0.15, 0.2) is 24.7 Å². The fraction of sp³-hybridized carbons (Fsp3) is 0.524. The molecule has 1 aliphatic heterocycles. The molecule has 2 aromatic heterocycles. The second kappa shape index (κ2) is 7.00. The lowest BCUT2D eigenvalue weighted by Gasteiger charge is -2.29. The van der Waals surface area contributed by atoms with Gasteiger partial charge in [-0.25, -0.2) is 9.97 Å². The highest BCUT2D eigenvalue weighted by Crippen LogP contribution is 2.38. The van der Waals surface area contributed by atoms with E-state index in [1.807, 2.05) is 39.2 Å². The highest BCUT2D eigenvalue weighted by molar-refractivity contribution is 5.95. The van der Waals surface area contributed by atoms with Gasteiger partial charge in [0, 0.05) is 78.5 Å². The minimum atomic E-state index is -0.429. The minimum Gasteiger partial charge on any atom is -0.325 e. The van der Waals surface area contributed by atoms with Gasteiger partial charge in [-0.1, -0.05) is 20.8 Å². The summed E-state index contributed by atoms with van der Waals surface area (Å²) in [6, 6.07) is 1.88. The lowest BCUT2D eigenvalue weighted by molar-refractivity contribution is -0.123. The van der Waals surface area contributed by atoms with E-state index in [1.165, 1.54) is 24.1 Å². The number of fused-ring (bicyclic) bond motifs is 1. The van der Waals surface area contributed by atoms with Crippen molar-refractivity contribution in [2.24, 2.45) is 5.41 Å². The molecule has 0 bridgehead atoms. The highest BCUT2D eigenvalue weighted by atomic mass is 16.2. The summed E-state index contributed by atoms with van der Waals surface area (Å²) >= 11 is 0. The molecule has 2 aromatic rings. The van der Waals surface area contributed by atoms with Gasteiger partial charge in [-0.05, 0) is 18.9 Å². The van der Waals surface area contributed by atoms with Gasteiger partial charge < -0.3 is 5.32 Å². The average molecular weight is 365 g/mol. The van der Waals surface area contributed by atoms with Crippen molar-refractivity contribution >= 4 is 11.6 Å². The predicted octanol–water partition coefficient (Wildman–Crippen LogP) is 3.29. The SMILES string of the molecule is CC(C)(C)C(=O)Nc1ccncc1CN1CCc2nc(C3CC3)ncc2C1. The van der Waals surface area contributed by atoms with Crippen LogP contribution < -0.4 is 5.32 Å². The summed E-state index contributed by atoms with van der Waals surface area (Å²) < 4.78 is 0. The summed E-state index contributed by atoms with van der Waals surface area (Å²) in [6.45, 7) is 8.29. The molecule has 4 rings (SSSR count). The first-order chi connectivity index (χ1) is 12.9. The van der Waals surface area contributed by atoms with Gasteiger partial charge in [-0.15, -0.1) is 0 Å². The maximum Gasteiger partial charge on any atom is 0.229 e. The number of nitrogens with zero attached hydrogens (tertiary/aromatic N) is 4. The topological polar surface area (TPSA) is 71.0 Å². The van der Waals surface area contributed by atoms with Crippen LogP contribution in [-0.2, 0) is 24.3 Å². The smallest absolute Gasteiger partial charge is 0.229 e. The van der Waals surface area contributed by atoms with Crippen molar-refractivity contribution in [3.63, 3.8) is 0 Å². The Hall–Kier alpha value is -2.34. The first-order valence-corrected chi connectivity index (χ1v) is 9.71. The zero-order valence-electron chi connectivity index (χ0n) is 16.3. The van der Waals surface area contributed by atoms with Crippen molar-refractivity contribution in [2.75, 3.05) is 11.9 Å². The molecule has 0 radical (unpaired) electrons. The van der Waals surface area contributed by atoms with Crippen molar-refractivity contribution < 1.29 is 4.79 Å². The van der Waals surface area contributed by atoms with Crippen molar-refractivity contribution in [2.45, 2.75) is 59.0 Å². The lowest BCUT2D eigenvalue weighted by atomic mass is 9.95. The maximum absolute atomic E-state index is 12.4. The van der Waals surface area contributed by atoms with Crippen molar-refractivity contribution in [3.05, 3.63) is 47.3 Å². The number of anilines is 1. The number of amides is 1. The maximum atomic E-state index is 12.4. The van der Waals surface area contributed by atoms with E-state index < -0.39 is 5.41 Å². The molecule has 0 saturated heterocycles. The summed E-state index contributed by atoms with van der Waals surface area (Å²) in [6.07, 6.45) is 8.99. The van der Waals surface area contributed by atoms with Crippen LogP contribution >= 0.6 is 0 Å². The minimum absolute atomic E-state index is 0.0138. The molecule has 1 aliphatic carbocycles. The molecule has 0 unspecified atom stereocenters. The Morgan fingerprint density at radius 1 is 1.30 bits per heavy atom.